The molecule has 4 heteroatoms. The van der Waals surface area contributed by atoms with Gasteiger partial charge in [0.15, 0.2) is 0 Å². The van der Waals surface area contributed by atoms with Crippen LogP contribution in [-0.2, 0) is 24.4 Å². The summed E-state index contributed by atoms with van der Waals surface area (Å²) in [7, 11) is 1.39. The maximum Gasteiger partial charge on any atom is 0.337 e. The van der Waals surface area contributed by atoms with E-state index in [9.17, 15) is 9.18 Å². The molecule has 0 spiro atoms. The van der Waals surface area contributed by atoms with Crippen molar-refractivity contribution < 1.29 is 13.9 Å². The Morgan fingerprint density at radius 3 is 2.57 bits per heavy atom. The van der Waals surface area contributed by atoms with Crippen molar-refractivity contribution in [2.75, 3.05) is 7.11 Å². The summed E-state index contributed by atoms with van der Waals surface area (Å²) in [4.78, 5) is 13.8. The lowest BCUT2D eigenvalue weighted by Gasteiger charge is -2.14. The molecule has 1 aliphatic heterocycles. The van der Waals surface area contributed by atoms with Crippen molar-refractivity contribution in [1.82, 2.24) is 4.90 Å². The maximum atomic E-state index is 12.9. The Kier molecular flexibility index (Phi) is 3.71. The second-order valence-electron chi connectivity index (χ2n) is 5.25. The van der Waals surface area contributed by atoms with Crippen LogP contribution >= 0.6 is 0 Å². The number of carbonyl (C=O) groups is 1. The Bertz CT molecular complexity index is 667. The van der Waals surface area contributed by atoms with E-state index in [4.69, 9.17) is 4.74 Å². The minimum Gasteiger partial charge on any atom is -0.465 e. The number of hydrogen-bond acceptors (Lipinski definition) is 3. The van der Waals surface area contributed by atoms with Crippen molar-refractivity contribution in [3.05, 3.63) is 70.5 Å². The first-order valence-electron chi connectivity index (χ1n) is 6.82. The molecule has 108 valence electrons. The van der Waals surface area contributed by atoms with Gasteiger partial charge in [-0.2, -0.15) is 0 Å². The Balaban J connectivity index is 1.72. The summed E-state index contributed by atoms with van der Waals surface area (Å²) >= 11 is 0. The molecule has 0 saturated heterocycles. The van der Waals surface area contributed by atoms with E-state index in [1.807, 2.05) is 12.1 Å². The third kappa shape index (κ3) is 2.95. The lowest BCUT2D eigenvalue weighted by Crippen LogP contribution is -2.15. The molecule has 1 heterocycles. The molecule has 0 amide bonds. The molecule has 21 heavy (non-hydrogen) atoms. The summed E-state index contributed by atoms with van der Waals surface area (Å²) in [5.41, 5.74) is 4.04. The highest BCUT2D eigenvalue weighted by molar-refractivity contribution is 5.89. The van der Waals surface area contributed by atoms with Crippen molar-refractivity contribution >= 4 is 5.97 Å². The van der Waals surface area contributed by atoms with Gasteiger partial charge in [0.1, 0.15) is 5.82 Å². The highest BCUT2D eigenvalue weighted by Gasteiger charge is 2.20. The minimum atomic E-state index is -0.310. The van der Waals surface area contributed by atoms with Crippen molar-refractivity contribution in [2.45, 2.75) is 19.6 Å². The first-order valence-corrected chi connectivity index (χ1v) is 6.82. The number of rotatable bonds is 3. The van der Waals surface area contributed by atoms with Crippen LogP contribution in [0.2, 0.25) is 0 Å². The summed E-state index contributed by atoms with van der Waals surface area (Å²) in [6.07, 6.45) is 0. The van der Waals surface area contributed by atoms with Gasteiger partial charge < -0.3 is 4.74 Å². The fraction of sp³-hybridized carbons (Fsp3) is 0.235. The van der Waals surface area contributed by atoms with Crippen molar-refractivity contribution in [2.24, 2.45) is 0 Å². The van der Waals surface area contributed by atoms with Gasteiger partial charge in [-0.3, -0.25) is 4.90 Å². The quantitative estimate of drug-likeness (QED) is 0.811. The van der Waals surface area contributed by atoms with Crippen LogP contribution in [0.15, 0.2) is 42.5 Å². The molecule has 0 aromatic heterocycles. The molecule has 0 radical (unpaired) electrons. The summed E-state index contributed by atoms with van der Waals surface area (Å²) in [6, 6.07) is 12.2. The molecule has 2 aromatic carbocycles. The van der Waals surface area contributed by atoms with Crippen LogP contribution in [-0.4, -0.2) is 18.0 Å². The standard InChI is InChI=1S/C17H16FNO2/c1-21-17(20)13-4-5-14-10-19(11-15(14)8-13)9-12-2-6-16(18)7-3-12/h2-8H,9-11H2,1H3. The van der Waals surface area contributed by atoms with E-state index >= 15 is 0 Å². The van der Waals surface area contributed by atoms with Crippen molar-refractivity contribution in [1.29, 1.82) is 0 Å². The number of ether oxygens (including phenoxy) is 1. The lowest BCUT2D eigenvalue weighted by atomic mass is 10.1. The van der Waals surface area contributed by atoms with Crippen LogP contribution in [0.5, 0.6) is 0 Å². The first kappa shape index (κ1) is 13.8. The number of esters is 1. The van der Waals surface area contributed by atoms with Gasteiger partial charge in [0.05, 0.1) is 12.7 Å². The molecule has 0 fully saturated rings. The molecule has 0 bridgehead atoms. The zero-order valence-corrected chi connectivity index (χ0v) is 11.8. The Morgan fingerprint density at radius 2 is 1.86 bits per heavy atom. The second-order valence-corrected chi connectivity index (χ2v) is 5.25. The molecule has 1 aliphatic rings. The van der Waals surface area contributed by atoms with Gasteiger partial charge in [-0.15, -0.1) is 0 Å². The van der Waals surface area contributed by atoms with E-state index in [-0.39, 0.29) is 11.8 Å². The number of halogens is 1. The summed E-state index contributed by atoms with van der Waals surface area (Å²) < 4.78 is 17.7. The zero-order chi connectivity index (χ0) is 14.8. The van der Waals surface area contributed by atoms with Crippen molar-refractivity contribution in [3.8, 4) is 0 Å². The van der Waals surface area contributed by atoms with Crippen LogP contribution in [0.3, 0.4) is 0 Å². The Hall–Kier alpha value is -2.20. The topological polar surface area (TPSA) is 29.5 Å². The Labute approximate surface area is 123 Å². The largest absolute Gasteiger partial charge is 0.465 e. The molecular weight excluding hydrogens is 269 g/mol. The molecule has 0 saturated carbocycles. The number of methoxy groups -OCH3 is 1. The molecule has 0 aliphatic carbocycles. The maximum absolute atomic E-state index is 12.9. The molecule has 3 rings (SSSR count). The fourth-order valence-corrected chi connectivity index (χ4v) is 2.67. The first-order chi connectivity index (χ1) is 10.2. The molecule has 0 atom stereocenters. The van der Waals surface area contributed by atoms with Crippen LogP contribution in [0.1, 0.15) is 27.0 Å². The van der Waals surface area contributed by atoms with E-state index in [0.29, 0.717) is 5.56 Å². The number of fused-ring (bicyclic) bond motifs is 1. The Morgan fingerprint density at radius 1 is 1.14 bits per heavy atom. The highest BCUT2D eigenvalue weighted by atomic mass is 19.1. The van der Waals surface area contributed by atoms with Gasteiger partial charge in [0.2, 0.25) is 0 Å². The van der Waals surface area contributed by atoms with Gasteiger partial charge in [-0.25, -0.2) is 9.18 Å². The summed E-state index contributed by atoms with van der Waals surface area (Å²) in [5.74, 6) is -0.527. The van der Waals surface area contributed by atoms with Crippen LogP contribution in [0.25, 0.3) is 0 Å². The zero-order valence-electron chi connectivity index (χ0n) is 11.8. The van der Waals surface area contributed by atoms with Gasteiger partial charge in [-0.1, -0.05) is 18.2 Å². The van der Waals surface area contributed by atoms with Crippen LogP contribution in [0, 0.1) is 5.82 Å². The van der Waals surface area contributed by atoms with E-state index in [1.165, 1.54) is 24.8 Å². The van der Waals surface area contributed by atoms with Crippen LogP contribution in [0.4, 0.5) is 4.39 Å². The fourth-order valence-electron chi connectivity index (χ4n) is 2.67. The number of benzene rings is 2. The monoisotopic (exact) mass is 285 g/mol. The minimum absolute atomic E-state index is 0.217. The van der Waals surface area contributed by atoms with E-state index in [0.717, 1.165) is 30.8 Å². The number of hydrogen-bond donors (Lipinski definition) is 0. The average Bonchev–Trinajstić information content (AvgIpc) is 2.90. The van der Waals surface area contributed by atoms with Gasteiger partial charge in [0.25, 0.3) is 0 Å². The van der Waals surface area contributed by atoms with Gasteiger partial charge >= 0.3 is 5.97 Å². The summed E-state index contributed by atoms with van der Waals surface area (Å²) in [6.45, 7) is 2.40. The predicted molar refractivity (Wildman–Crippen MR) is 77.1 cm³/mol. The summed E-state index contributed by atoms with van der Waals surface area (Å²) in [5, 5.41) is 0. The molecule has 0 unspecified atom stereocenters. The van der Waals surface area contributed by atoms with E-state index < -0.39 is 0 Å². The SMILES string of the molecule is COC(=O)c1ccc2c(c1)CN(Cc1ccc(F)cc1)C2. The normalized spacial score (nSPS) is 14.0. The highest BCUT2D eigenvalue weighted by Crippen LogP contribution is 2.25. The average molecular weight is 285 g/mol. The smallest absolute Gasteiger partial charge is 0.337 e. The second kappa shape index (κ2) is 5.66. The van der Waals surface area contributed by atoms with Gasteiger partial charge in [-0.05, 0) is 41.0 Å². The van der Waals surface area contributed by atoms with E-state index in [2.05, 4.69) is 4.90 Å². The number of carbonyl (C=O) groups excluding carboxylic acids is 1. The van der Waals surface area contributed by atoms with E-state index in [1.54, 1.807) is 18.2 Å². The predicted octanol–water partition coefficient (Wildman–Crippen LogP) is 3.13. The third-order valence-electron chi connectivity index (χ3n) is 3.73. The molecular formula is C17H16FNO2. The lowest BCUT2D eigenvalue weighted by molar-refractivity contribution is 0.0600. The van der Waals surface area contributed by atoms with Gasteiger partial charge in [0, 0.05) is 19.6 Å². The molecule has 2 aromatic rings. The molecule has 3 nitrogen and oxygen atoms in total. The van der Waals surface area contributed by atoms with Crippen molar-refractivity contribution in [3.63, 3.8) is 0 Å². The third-order valence-corrected chi connectivity index (χ3v) is 3.73. The van der Waals surface area contributed by atoms with Crippen LogP contribution < -0.4 is 0 Å². The number of nitrogens with zero attached hydrogens (tertiary/aromatic N) is 1. The molecule has 0 N–H and O–H groups in total.